The summed E-state index contributed by atoms with van der Waals surface area (Å²) in [5, 5.41) is 0. The van der Waals surface area contributed by atoms with Crippen molar-refractivity contribution < 1.29 is 13.9 Å². The van der Waals surface area contributed by atoms with E-state index >= 15 is 0 Å². The van der Waals surface area contributed by atoms with Crippen molar-refractivity contribution in [2.45, 2.75) is 12.8 Å². The molecular formula is C25H27N5O3. The number of pyridine rings is 1. The third-order valence-electron chi connectivity index (χ3n) is 6.21. The predicted octanol–water partition coefficient (Wildman–Crippen LogP) is 2.38. The second-order valence-corrected chi connectivity index (χ2v) is 8.33. The van der Waals surface area contributed by atoms with Gasteiger partial charge in [-0.2, -0.15) is 4.98 Å². The van der Waals surface area contributed by atoms with Gasteiger partial charge in [0.1, 0.15) is 5.75 Å². The number of rotatable bonds is 4. The van der Waals surface area contributed by atoms with E-state index in [2.05, 4.69) is 31.6 Å². The van der Waals surface area contributed by atoms with Gasteiger partial charge in [-0.25, -0.2) is 0 Å². The van der Waals surface area contributed by atoms with Crippen molar-refractivity contribution >= 4 is 22.7 Å². The van der Waals surface area contributed by atoms with Gasteiger partial charge in [0.2, 0.25) is 5.91 Å². The number of piperazine rings is 1. The molecule has 33 heavy (non-hydrogen) atoms. The summed E-state index contributed by atoms with van der Waals surface area (Å²) in [5.41, 5.74) is 3.04. The summed E-state index contributed by atoms with van der Waals surface area (Å²) in [7, 11) is 1.62. The standard InChI is InChI=1S/C25H27N5O3/c1-32-21-8-7-20(25-24(21)27-22(33-25)9-6-19-5-4-10-26-17-19)29-13-15-30(16-14-29)23(31)18-28-11-2-3-12-28/h4-5,7-8,10,17H,2-3,11-16,18H2,1H3. The van der Waals surface area contributed by atoms with E-state index in [0.29, 0.717) is 42.4 Å². The zero-order chi connectivity index (χ0) is 22.6. The van der Waals surface area contributed by atoms with Crippen LogP contribution >= 0.6 is 0 Å². The Bertz CT molecular complexity index is 1180. The maximum Gasteiger partial charge on any atom is 0.274 e. The Morgan fingerprint density at radius 2 is 1.91 bits per heavy atom. The van der Waals surface area contributed by atoms with Crippen LogP contribution in [0, 0.1) is 11.8 Å². The Morgan fingerprint density at radius 1 is 1.09 bits per heavy atom. The lowest BCUT2D eigenvalue weighted by atomic mass is 10.2. The summed E-state index contributed by atoms with van der Waals surface area (Å²) in [5.74, 6) is 7.23. The molecule has 0 spiro atoms. The van der Waals surface area contributed by atoms with E-state index in [1.165, 1.54) is 12.8 Å². The van der Waals surface area contributed by atoms with Gasteiger partial charge in [0.25, 0.3) is 5.89 Å². The fraction of sp³-hybridized carbons (Fsp3) is 0.400. The first kappa shape index (κ1) is 21.3. The molecule has 1 aromatic carbocycles. The Balaban J connectivity index is 1.33. The molecule has 0 radical (unpaired) electrons. The lowest BCUT2D eigenvalue weighted by Crippen LogP contribution is -2.51. The van der Waals surface area contributed by atoms with Crippen LogP contribution in [0.4, 0.5) is 5.69 Å². The summed E-state index contributed by atoms with van der Waals surface area (Å²) in [4.78, 5) is 27.8. The van der Waals surface area contributed by atoms with Crippen LogP contribution in [0.5, 0.6) is 5.75 Å². The van der Waals surface area contributed by atoms with Gasteiger partial charge in [0.05, 0.1) is 19.3 Å². The Morgan fingerprint density at radius 3 is 2.64 bits per heavy atom. The fourth-order valence-corrected chi connectivity index (χ4v) is 4.43. The van der Waals surface area contributed by atoms with E-state index in [4.69, 9.17) is 9.15 Å². The number of amides is 1. The number of hydrogen-bond donors (Lipinski definition) is 0. The van der Waals surface area contributed by atoms with Crippen LogP contribution in [-0.4, -0.2) is 78.6 Å². The molecule has 8 heteroatoms. The molecule has 2 saturated heterocycles. The lowest BCUT2D eigenvalue weighted by molar-refractivity contribution is -0.132. The van der Waals surface area contributed by atoms with Gasteiger partial charge in [-0.05, 0) is 56.1 Å². The second-order valence-electron chi connectivity index (χ2n) is 8.33. The van der Waals surface area contributed by atoms with Crippen LogP contribution in [0.2, 0.25) is 0 Å². The number of benzene rings is 1. The molecule has 0 aliphatic carbocycles. The number of carbonyl (C=O) groups excluding carboxylic acids is 1. The molecule has 8 nitrogen and oxygen atoms in total. The van der Waals surface area contributed by atoms with Gasteiger partial charge < -0.3 is 19.0 Å². The highest BCUT2D eigenvalue weighted by atomic mass is 16.5. The molecule has 0 bridgehead atoms. The number of ether oxygens (including phenoxy) is 1. The lowest BCUT2D eigenvalue weighted by Gasteiger charge is -2.36. The van der Waals surface area contributed by atoms with Crippen molar-refractivity contribution in [2.75, 3.05) is 57.8 Å². The maximum atomic E-state index is 12.7. The first-order valence-corrected chi connectivity index (χ1v) is 11.4. The minimum absolute atomic E-state index is 0.226. The summed E-state index contributed by atoms with van der Waals surface area (Å²) < 4.78 is 11.6. The van der Waals surface area contributed by atoms with E-state index in [0.717, 1.165) is 37.4 Å². The first-order chi connectivity index (χ1) is 16.2. The van der Waals surface area contributed by atoms with Gasteiger partial charge in [-0.1, -0.05) is 5.92 Å². The number of nitrogens with zero attached hydrogens (tertiary/aromatic N) is 5. The average molecular weight is 446 g/mol. The Hall–Kier alpha value is -3.57. The van der Waals surface area contributed by atoms with Crippen molar-refractivity contribution in [3.05, 3.63) is 48.1 Å². The molecule has 0 atom stereocenters. The summed E-state index contributed by atoms with van der Waals surface area (Å²) >= 11 is 0. The highest BCUT2D eigenvalue weighted by Gasteiger charge is 2.26. The minimum Gasteiger partial charge on any atom is -0.494 e. The van der Waals surface area contributed by atoms with Crippen molar-refractivity contribution in [1.29, 1.82) is 0 Å². The molecule has 3 aromatic rings. The SMILES string of the molecule is COc1ccc(N2CCN(C(=O)CN3CCCC3)CC2)c2oc(C#Cc3cccnc3)nc12. The second kappa shape index (κ2) is 9.51. The van der Waals surface area contributed by atoms with Gasteiger partial charge in [-0.3, -0.25) is 14.7 Å². The molecule has 2 aliphatic heterocycles. The number of likely N-dealkylation sites (tertiary alicyclic amines) is 1. The van der Waals surface area contributed by atoms with Gasteiger partial charge in [0.15, 0.2) is 11.1 Å². The molecule has 2 aliphatic rings. The van der Waals surface area contributed by atoms with Gasteiger partial charge in [0, 0.05) is 44.1 Å². The number of anilines is 1. The maximum absolute atomic E-state index is 12.7. The van der Waals surface area contributed by atoms with Crippen molar-refractivity contribution in [3.8, 4) is 17.6 Å². The van der Waals surface area contributed by atoms with E-state index in [1.807, 2.05) is 29.2 Å². The smallest absolute Gasteiger partial charge is 0.274 e. The molecule has 4 heterocycles. The number of aromatic nitrogens is 2. The predicted molar refractivity (Wildman–Crippen MR) is 125 cm³/mol. The Labute approximate surface area is 193 Å². The Kier molecular flexibility index (Phi) is 6.13. The van der Waals surface area contributed by atoms with Crippen molar-refractivity contribution in [3.63, 3.8) is 0 Å². The normalized spacial score (nSPS) is 16.6. The largest absolute Gasteiger partial charge is 0.494 e. The molecule has 0 unspecified atom stereocenters. The molecule has 2 aromatic heterocycles. The van der Waals surface area contributed by atoms with Crippen LogP contribution < -0.4 is 9.64 Å². The van der Waals surface area contributed by atoms with Crippen LogP contribution in [0.25, 0.3) is 11.1 Å². The highest BCUT2D eigenvalue weighted by molar-refractivity contribution is 5.92. The van der Waals surface area contributed by atoms with Crippen molar-refractivity contribution in [1.82, 2.24) is 19.8 Å². The molecular weight excluding hydrogens is 418 g/mol. The van der Waals surface area contributed by atoms with Crippen LogP contribution in [0.15, 0.2) is 41.1 Å². The summed E-state index contributed by atoms with van der Waals surface area (Å²) in [6, 6.07) is 7.63. The van der Waals surface area contributed by atoms with E-state index in [1.54, 1.807) is 19.5 Å². The zero-order valence-electron chi connectivity index (χ0n) is 18.8. The number of hydrogen-bond acceptors (Lipinski definition) is 7. The quantitative estimate of drug-likeness (QED) is 0.571. The van der Waals surface area contributed by atoms with Crippen molar-refractivity contribution in [2.24, 2.45) is 0 Å². The molecule has 170 valence electrons. The van der Waals surface area contributed by atoms with Gasteiger partial charge in [-0.15, -0.1) is 0 Å². The molecule has 5 rings (SSSR count). The summed E-state index contributed by atoms with van der Waals surface area (Å²) in [6.45, 7) is 5.48. The topological polar surface area (TPSA) is 74.9 Å². The average Bonchev–Trinajstić information content (AvgIpc) is 3.53. The number of fused-ring (bicyclic) bond motifs is 1. The number of oxazole rings is 1. The molecule has 0 saturated carbocycles. The monoisotopic (exact) mass is 445 g/mol. The third-order valence-corrected chi connectivity index (χ3v) is 6.21. The van der Waals surface area contributed by atoms with E-state index in [9.17, 15) is 4.79 Å². The number of carbonyl (C=O) groups is 1. The van der Waals surface area contributed by atoms with Crippen LogP contribution in [0.1, 0.15) is 24.3 Å². The molecule has 2 fully saturated rings. The molecule has 1 amide bonds. The number of methoxy groups -OCH3 is 1. The third kappa shape index (κ3) is 4.64. The van der Waals surface area contributed by atoms with Crippen LogP contribution in [0.3, 0.4) is 0 Å². The van der Waals surface area contributed by atoms with Gasteiger partial charge >= 0.3 is 0 Å². The minimum atomic E-state index is 0.226. The zero-order valence-corrected chi connectivity index (χ0v) is 18.8. The highest BCUT2D eigenvalue weighted by Crippen LogP contribution is 2.34. The fourth-order valence-electron chi connectivity index (χ4n) is 4.43. The summed E-state index contributed by atoms with van der Waals surface area (Å²) in [6.07, 6.45) is 5.80. The van der Waals surface area contributed by atoms with E-state index in [-0.39, 0.29) is 5.91 Å². The first-order valence-electron chi connectivity index (χ1n) is 11.4. The van der Waals surface area contributed by atoms with Crippen LogP contribution in [-0.2, 0) is 4.79 Å². The van der Waals surface area contributed by atoms with E-state index < -0.39 is 0 Å². The molecule has 0 N–H and O–H groups in total.